The molecule has 1 aliphatic rings. The van der Waals surface area contributed by atoms with Crippen LogP contribution < -0.4 is 5.73 Å². The van der Waals surface area contributed by atoms with Gasteiger partial charge in [-0.15, -0.1) is 0 Å². The van der Waals surface area contributed by atoms with Crippen LogP contribution in [0.25, 0.3) is 0 Å². The molecule has 0 bridgehead atoms. The van der Waals surface area contributed by atoms with E-state index in [0.717, 1.165) is 19.3 Å². The van der Waals surface area contributed by atoms with E-state index in [0.29, 0.717) is 6.42 Å². The Kier molecular flexibility index (Phi) is 4.80. The molecule has 0 aromatic rings. The van der Waals surface area contributed by atoms with E-state index in [2.05, 4.69) is 0 Å². The molecule has 0 radical (unpaired) electrons. The van der Waals surface area contributed by atoms with Gasteiger partial charge < -0.3 is 10.5 Å². The summed E-state index contributed by atoms with van der Waals surface area (Å²) in [5.41, 5.74) is 5.11. The van der Waals surface area contributed by atoms with E-state index in [1.807, 2.05) is 6.92 Å². The first kappa shape index (κ1) is 14.3. The molecule has 0 amide bonds. The van der Waals surface area contributed by atoms with Crippen LogP contribution in [0.5, 0.6) is 0 Å². The molecule has 3 nitrogen and oxygen atoms in total. The van der Waals surface area contributed by atoms with Crippen LogP contribution in [-0.2, 0) is 9.53 Å². The van der Waals surface area contributed by atoms with Gasteiger partial charge in [0.25, 0.3) is 0 Å². The van der Waals surface area contributed by atoms with Crippen LogP contribution >= 0.6 is 0 Å². The highest BCUT2D eigenvalue weighted by molar-refractivity contribution is 5.73. The smallest absolute Gasteiger partial charge is 0.404 e. The molecule has 1 aliphatic carbocycles. The van der Waals surface area contributed by atoms with Crippen molar-refractivity contribution in [2.45, 2.75) is 57.3 Å². The molecule has 0 aromatic heterocycles. The van der Waals surface area contributed by atoms with Crippen LogP contribution in [0.1, 0.15) is 39.0 Å². The maximum Gasteiger partial charge on any atom is 0.404 e. The third-order valence-electron chi connectivity index (χ3n) is 2.79. The lowest BCUT2D eigenvalue weighted by molar-refractivity contribution is -0.177. The summed E-state index contributed by atoms with van der Waals surface area (Å²) in [5.74, 6) is -2.07. The summed E-state index contributed by atoms with van der Waals surface area (Å²) < 4.78 is 42.4. The molecule has 0 saturated heterocycles. The number of ether oxygens (including phenoxy) is 1. The quantitative estimate of drug-likeness (QED) is 0.739. The number of rotatable bonds is 6. The molecule has 1 fully saturated rings. The van der Waals surface area contributed by atoms with Gasteiger partial charge >= 0.3 is 12.1 Å². The minimum atomic E-state index is -4.55. The fraction of sp³-hybridized carbons (Fsp3) is 0.909. The summed E-state index contributed by atoms with van der Waals surface area (Å²) in [4.78, 5) is 11.6. The van der Waals surface area contributed by atoms with Crippen LogP contribution in [0, 0.1) is 5.92 Å². The maximum absolute atomic E-state index is 12.5. The van der Waals surface area contributed by atoms with Crippen LogP contribution in [0.4, 0.5) is 13.2 Å². The van der Waals surface area contributed by atoms with Crippen molar-refractivity contribution in [1.82, 2.24) is 0 Å². The van der Waals surface area contributed by atoms with E-state index in [1.54, 1.807) is 0 Å². The van der Waals surface area contributed by atoms with Gasteiger partial charge in [-0.1, -0.05) is 19.8 Å². The van der Waals surface area contributed by atoms with Gasteiger partial charge in [-0.3, -0.25) is 4.79 Å². The molecule has 6 heteroatoms. The lowest BCUT2D eigenvalue weighted by Crippen LogP contribution is -2.47. The average molecular weight is 253 g/mol. The van der Waals surface area contributed by atoms with E-state index >= 15 is 0 Å². The zero-order valence-electron chi connectivity index (χ0n) is 9.80. The number of carbonyl (C=O) groups excluding carboxylic acids is 1. The minimum absolute atomic E-state index is 0.128. The number of hydrogen-bond acceptors (Lipinski definition) is 3. The number of hydrogen-bond donors (Lipinski definition) is 1. The van der Waals surface area contributed by atoms with E-state index < -0.39 is 24.1 Å². The van der Waals surface area contributed by atoms with Crippen molar-refractivity contribution in [1.29, 1.82) is 0 Å². The predicted molar refractivity (Wildman–Crippen MR) is 56.2 cm³/mol. The van der Waals surface area contributed by atoms with Crippen molar-refractivity contribution >= 4 is 5.97 Å². The van der Waals surface area contributed by atoms with Gasteiger partial charge in [0, 0.05) is 0 Å². The van der Waals surface area contributed by atoms with Crippen molar-refractivity contribution < 1.29 is 22.7 Å². The lowest BCUT2D eigenvalue weighted by atomic mass is 9.94. The first-order valence-corrected chi connectivity index (χ1v) is 5.89. The summed E-state index contributed by atoms with van der Waals surface area (Å²) in [6, 6.07) is -2.12. The van der Waals surface area contributed by atoms with Gasteiger partial charge in [-0.2, -0.15) is 13.2 Å². The molecule has 0 aromatic carbocycles. The van der Waals surface area contributed by atoms with Gasteiger partial charge in [0.15, 0.2) is 0 Å². The summed E-state index contributed by atoms with van der Waals surface area (Å²) in [5, 5.41) is 0. The minimum Gasteiger partial charge on any atom is -0.462 e. The molecule has 100 valence electrons. The fourth-order valence-electron chi connectivity index (χ4n) is 1.53. The second kappa shape index (κ2) is 5.71. The van der Waals surface area contributed by atoms with Crippen molar-refractivity contribution in [3.05, 3.63) is 0 Å². The van der Waals surface area contributed by atoms with Crippen molar-refractivity contribution in [2.24, 2.45) is 11.7 Å². The Morgan fingerprint density at radius 1 is 1.47 bits per heavy atom. The van der Waals surface area contributed by atoms with Crippen LogP contribution in [0.15, 0.2) is 0 Å². The highest BCUT2D eigenvalue weighted by Gasteiger charge is 2.46. The van der Waals surface area contributed by atoms with Gasteiger partial charge in [-0.25, -0.2) is 0 Å². The Hall–Kier alpha value is -0.780. The predicted octanol–water partition coefficient (Wildman–Crippen LogP) is 2.39. The Morgan fingerprint density at radius 2 is 2.06 bits per heavy atom. The van der Waals surface area contributed by atoms with Gasteiger partial charge in [-0.05, 0) is 19.3 Å². The Morgan fingerprint density at radius 3 is 2.47 bits per heavy atom. The number of nitrogens with two attached hydrogens (primary N) is 1. The zero-order valence-corrected chi connectivity index (χ0v) is 9.80. The summed E-state index contributed by atoms with van der Waals surface area (Å²) >= 11 is 0. The first-order chi connectivity index (χ1) is 7.86. The molecule has 2 N–H and O–H groups in total. The molecular weight excluding hydrogens is 235 g/mol. The monoisotopic (exact) mass is 253 g/mol. The van der Waals surface area contributed by atoms with Crippen LogP contribution in [0.3, 0.4) is 0 Å². The molecule has 0 aliphatic heterocycles. The Balaban J connectivity index is 2.60. The lowest BCUT2D eigenvalue weighted by Gasteiger charge is -2.24. The summed E-state index contributed by atoms with van der Waals surface area (Å²) in [6.07, 6.45) is -1.87. The van der Waals surface area contributed by atoms with Crippen molar-refractivity contribution in [3.8, 4) is 0 Å². The molecule has 0 spiro atoms. The second-order valence-electron chi connectivity index (χ2n) is 4.45. The average Bonchev–Trinajstić information content (AvgIpc) is 3.00. The standard InChI is InChI=1S/C11H18F3NO2/c1-2-3-4-8(9(15)11(12,13)14)10(16)17-7-5-6-7/h7-9H,2-6,15H2,1H3/t8-,9-/m0/s1. The third-order valence-corrected chi connectivity index (χ3v) is 2.79. The molecule has 17 heavy (non-hydrogen) atoms. The molecule has 1 rings (SSSR count). The van der Waals surface area contributed by atoms with Crippen LogP contribution in [0.2, 0.25) is 0 Å². The third kappa shape index (κ3) is 4.53. The van der Waals surface area contributed by atoms with E-state index in [1.165, 1.54) is 0 Å². The second-order valence-corrected chi connectivity index (χ2v) is 4.45. The SMILES string of the molecule is CCCC[C@H](C(=O)OC1CC1)[C@H](N)C(F)(F)F. The molecule has 2 atom stereocenters. The van der Waals surface area contributed by atoms with E-state index in [-0.39, 0.29) is 12.5 Å². The fourth-order valence-corrected chi connectivity index (χ4v) is 1.53. The molecule has 0 heterocycles. The summed E-state index contributed by atoms with van der Waals surface area (Å²) in [7, 11) is 0. The number of halogens is 3. The zero-order chi connectivity index (χ0) is 13.1. The molecular formula is C11H18F3NO2. The van der Waals surface area contributed by atoms with Crippen molar-refractivity contribution in [2.75, 3.05) is 0 Å². The van der Waals surface area contributed by atoms with E-state index in [4.69, 9.17) is 10.5 Å². The molecule has 0 unspecified atom stereocenters. The Labute approximate surface area is 98.5 Å². The van der Waals surface area contributed by atoms with Gasteiger partial charge in [0.2, 0.25) is 0 Å². The van der Waals surface area contributed by atoms with Gasteiger partial charge in [0.1, 0.15) is 12.1 Å². The van der Waals surface area contributed by atoms with E-state index in [9.17, 15) is 18.0 Å². The highest BCUT2D eigenvalue weighted by Crippen LogP contribution is 2.30. The largest absolute Gasteiger partial charge is 0.462 e. The normalized spacial score (nSPS) is 19.8. The summed E-state index contributed by atoms with van der Waals surface area (Å²) in [6.45, 7) is 1.85. The number of carbonyl (C=O) groups is 1. The highest BCUT2D eigenvalue weighted by atomic mass is 19.4. The molecule has 1 saturated carbocycles. The maximum atomic E-state index is 12.5. The van der Waals surface area contributed by atoms with Crippen LogP contribution in [-0.4, -0.2) is 24.3 Å². The number of unbranched alkanes of at least 4 members (excludes halogenated alkanes) is 1. The van der Waals surface area contributed by atoms with Gasteiger partial charge in [0.05, 0.1) is 5.92 Å². The number of alkyl halides is 3. The Bertz CT molecular complexity index is 264. The first-order valence-electron chi connectivity index (χ1n) is 5.89. The topological polar surface area (TPSA) is 52.3 Å². The number of esters is 1. The van der Waals surface area contributed by atoms with Crippen molar-refractivity contribution in [3.63, 3.8) is 0 Å².